The molecule has 0 N–H and O–H groups in total. The van der Waals surface area contributed by atoms with Gasteiger partial charge >= 0.3 is 0 Å². The highest BCUT2D eigenvalue weighted by Crippen LogP contribution is 2.02. The predicted molar refractivity (Wildman–Crippen MR) is 44.6 cm³/mol. The fourth-order valence-electron chi connectivity index (χ4n) is 0.587. The SMILES string of the molecule is C/C=C(/CC)O/C=C\CC. The van der Waals surface area contributed by atoms with Crippen molar-refractivity contribution in [3.8, 4) is 0 Å². The second-order valence-corrected chi connectivity index (χ2v) is 2.01. The van der Waals surface area contributed by atoms with Gasteiger partial charge < -0.3 is 4.74 Å². The van der Waals surface area contributed by atoms with Crippen molar-refractivity contribution >= 4 is 0 Å². The molecule has 0 aromatic carbocycles. The maximum absolute atomic E-state index is 5.26. The molecule has 0 heterocycles. The Morgan fingerprint density at radius 2 is 2.10 bits per heavy atom. The lowest BCUT2D eigenvalue weighted by molar-refractivity contribution is 0.335. The zero-order chi connectivity index (χ0) is 7.82. The van der Waals surface area contributed by atoms with E-state index in [9.17, 15) is 0 Å². The van der Waals surface area contributed by atoms with E-state index in [1.54, 1.807) is 6.26 Å². The highest BCUT2D eigenvalue weighted by molar-refractivity contribution is 4.91. The minimum absolute atomic E-state index is 0.963. The van der Waals surface area contributed by atoms with Gasteiger partial charge in [0.05, 0.1) is 12.0 Å². The number of ether oxygens (including phenoxy) is 1. The van der Waals surface area contributed by atoms with Crippen LogP contribution in [0.4, 0.5) is 0 Å². The van der Waals surface area contributed by atoms with Crippen molar-refractivity contribution in [1.29, 1.82) is 0 Å². The van der Waals surface area contributed by atoms with Crippen LogP contribution in [0.15, 0.2) is 24.2 Å². The third-order valence-electron chi connectivity index (χ3n) is 1.22. The molecule has 0 saturated heterocycles. The molecule has 0 aliphatic rings. The van der Waals surface area contributed by atoms with Crippen LogP contribution in [0.25, 0.3) is 0 Å². The zero-order valence-electron chi connectivity index (χ0n) is 7.05. The van der Waals surface area contributed by atoms with Crippen LogP contribution in [0.2, 0.25) is 0 Å². The van der Waals surface area contributed by atoms with Gasteiger partial charge in [0.25, 0.3) is 0 Å². The summed E-state index contributed by atoms with van der Waals surface area (Å²) in [5.41, 5.74) is 0. The fourth-order valence-corrected chi connectivity index (χ4v) is 0.587. The normalized spacial score (nSPS) is 12.5. The quantitative estimate of drug-likeness (QED) is 0.545. The van der Waals surface area contributed by atoms with E-state index in [1.165, 1.54) is 0 Å². The van der Waals surface area contributed by atoms with E-state index < -0.39 is 0 Å². The summed E-state index contributed by atoms with van der Waals surface area (Å²) in [6.07, 6.45) is 7.73. The van der Waals surface area contributed by atoms with Gasteiger partial charge in [-0.25, -0.2) is 0 Å². The highest BCUT2D eigenvalue weighted by atomic mass is 16.5. The van der Waals surface area contributed by atoms with E-state index in [1.807, 2.05) is 19.1 Å². The van der Waals surface area contributed by atoms with Crippen LogP contribution in [-0.4, -0.2) is 0 Å². The van der Waals surface area contributed by atoms with Crippen LogP contribution in [-0.2, 0) is 4.74 Å². The van der Waals surface area contributed by atoms with Crippen molar-refractivity contribution in [3.63, 3.8) is 0 Å². The van der Waals surface area contributed by atoms with Crippen LogP contribution in [0.1, 0.15) is 33.6 Å². The zero-order valence-corrected chi connectivity index (χ0v) is 7.05. The summed E-state index contributed by atoms with van der Waals surface area (Å²) in [7, 11) is 0. The molecule has 1 heteroatoms. The molecule has 0 spiro atoms. The Hall–Kier alpha value is -0.720. The van der Waals surface area contributed by atoms with E-state index >= 15 is 0 Å². The van der Waals surface area contributed by atoms with Crippen molar-refractivity contribution in [1.82, 2.24) is 0 Å². The first-order valence-electron chi connectivity index (χ1n) is 3.82. The maximum atomic E-state index is 5.26. The Labute approximate surface area is 63.4 Å². The molecule has 0 aliphatic heterocycles. The summed E-state index contributed by atoms with van der Waals surface area (Å²) >= 11 is 0. The Kier molecular flexibility index (Phi) is 5.94. The largest absolute Gasteiger partial charge is 0.470 e. The van der Waals surface area contributed by atoms with Crippen molar-refractivity contribution < 1.29 is 4.74 Å². The van der Waals surface area contributed by atoms with Crippen molar-refractivity contribution in [3.05, 3.63) is 24.2 Å². The molecule has 0 atom stereocenters. The average Bonchev–Trinajstić information content (AvgIpc) is 1.99. The van der Waals surface area contributed by atoms with E-state index in [-0.39, 0.29) is 0 Å². The Morgan fingerprint density at radius 3 is 2.50 bits per heavy atom. The summed E-state index contributed by atoms with van der Waals surface area (Å²) < 4.78 is 5.26. The first-order valence-corrected chi connectivity index (χ1v) is 3.82. The molecule has 0 aromatic rings. The standard InChI is InChI=1S/C9H16O/c1-4-7-8-10-9(5-2)6-3/h5,7-8H,4,6H2,1-3H3/b8-7-,9-5-. The van der Waals surface area contributed by atoms with Gasteiger partial charge in [-0.2, -0.15) is 0 Å². The number of allylic oxidation sites excluding steroid dienone is 3. The van der Waals surface area contributed by atoms with E-state index in [0.717, 1.165) is 18.6 Å². The van der Waals surface area contributed by atoms with Gasteiger partial charge in [-0.1, -0.05) is 13.8 Å². The van der Waals surface area contributed by atoms with Gasteiger partial charge in [0.15, 0.2) is 0 Å². The van der Waals surface area contributed by atoms with Crippen LogP contribution >= 0.6 is 0 Å². The molecule has 1 nitrogen and oxygen atoms in total. The van der Waals surface area contributed by atoms with Gasteiger partial charge in [0, 0.05) is 6.42 Å². The number of hydrogen-bond acceptors (Lipinski definition) is 1. The molecule has 0 saturated carbocycles. The highest BCUT2D eigenvalue weighted by Gasteiger charge is 1.86. The Morgan fingerprint density at radius 1 is 1.40 bits per heavy atom. The maximum Gasteiger partial charge on any atom is 0.0986 e. The lowest BCUT2D eigenvalue weighted by Gasteiger charge is -2.00. The van der Waals surface area contributed by atoms with Crippen molar-refractivity contribution in [2.45, 2.75) is 33.6 Å². The first kappa shape index (κ1) is 9.28. The Balaban J connectivity index is 3.55. The van der Waals surface area contributed by atoms with E-state index in [4.69, 9.17) is 4.74 Å². The summed E-state index contributed by atoms with van der Waals surface area (Å²) in [5.74, 6) is 1.03. The monoisotopic (exact) mass is 140 g/mol. The van der Waals surface area contributed by atoms with Gasteiger partial charge in [0.1, 0.15) is 0 Å². The second kappa shape index (κ2) is 6.40. The van der Waals surface area contributed by atoms with Crippen LogP contribution in [0.5, 0.6) is 0 Å². The van der Waals surface area contributed by atoms with Crippen molar-refractivity contribution in [2.75, 3.05) is 0 Å². The van der Waals surface area contributed by atoms with Crippen LogP contribution < -0.4 is 0 Å². The summed E-state index contributed by atoms with van der Waals surface area (Å²) in [5, 5.41) is 0. The predicted octanol–water partition coefficient (Wildman–Crippen LogP) is 3.24. The topological polar surface area (TPSA) is 9.23 Å². The second-order valence-electron chi connectivity index (χ2n) is 2.01. The Bertz CT molecular complexity index is 123. The molecule has 0 aromatic heterocycles. The third kappa shape index (κ3) is 4.19. The first-order chi connectivity index (χ1) is 4.85. The van der Waals surface area contributed by atoms with Crippen LogP contribution in [0.3, 0.4) is 0 Å². The van der Waals surface area contributed by atoms with E-state index in [0.29, 0.717) is 0 Å². The van der Waals surface area contributed by atoms with Crippen molar-refractivity contribution in [2.24, 2.45) is 0 Å². The van der Waals surface area contributed by atoms with E-state index in [2.05, 4.69) is 13.8 Å². The molecule has 0 aliphatic carbocycles. The summed E-state index contributed by atoms with van der Waals surface area (Å²) in [4.78, 5) is 0. The molecular formula is C9H16O. The lowest BCUT2D eigenvalue weighted by Crippen LogP contribution is -1.80. The van der Waals surface area contributed by atoms with Gasteiger partial charge in [-0.05, 0) is 25.5 Å². The number of rotatable bonds is 4. The van der Waals surface area contributed by atoms with Gasteiger partial charge in [0.2, 0.25) is 0 Å². The minimum atomic E-state index is 0.963. The molecule has 0 amide bonds. The molecule has 0 rings (SSSR count). The van der Waals surface area contributed by atoms with Gasteiger partial charge in [-0.15, -0.1) is 0 Å². The molecule has 0 radical (unpaired) electrons. The van der Waals surface area contributed by atoms with Crippen LogP contribution in [0, 0.1) is 0 Å². The minimum Gasteiger partial charge on any atom is -0.470 e. The summed E-state index contributed by atoms with van der Waals surface area (Å²) in [6.45, 7) is 6.15. The molecule has 0 unspecified atom stereocenters. The third-order valence-corrected chi connectivity index (χ3v) is 1.22. The molecule has 0 fully saturated rings. The summed E-state index contributed by atoms with van der Waals surface area (Å²) in [6, 6.07) is 0. The average molecular weight is 140 g/mol. The molecule has 10 heavy (non-hydrogen) atoms. The molecular weight excluding hydrogens is 124 g/mol. The number of hydrogen-bond donors (Lipinski definition) is 0. The molecule has 58 valence electrons. The van der Waals surface area contributed by atoms with Gasteiger partial charge in [-0.3, -0.25) is 0 Å². The fraction of sp³-hybridized carbons (Fsp3) is 0.556. The smallest absolute Gasteiger partial charge is 0.0986 e. The lowest BCUT2D eigenvalue weighted by atomic mass is 10.4. The molecule has 0 bridgehead atoms.